The Bertz CT molecular complexity index is 562. The van der Waals surface area contributed by atoms with Crippen molar-refractivity contribution < 1.29 is 4.79 Å². The zero-order chi connectivity index (χ0) is 12.3. The number of halogens is 2. The minimum Gasteiger partial charge on any atom is -0.321 e. The fourth-order valence-corrected chi connectivity index (χ4v) is 1.76. The first kappa shape index (κ1) is 12.0. The highest BCUT2D eigenvalue weighted by molar-refractivity contribution is 9.10. The smallest absolute Gasteiger partial charge is 0.275 e. The highest BCUT2D eigenvalue weighted by Crippen LogP contribution is 2.16. The molecule has 2 rings (SSSR count). The first-order valence-corrected chi connectivity index (χ1v) is 5.87. The fourth-order valence-electron chi connectivity index (χ4n) is 1.21. The summed E-state index contributed by atoms with van der Waals surface area (Å²) in [5.41, 5.74) is 0.851. The van der Waals surface area contributed by atoms with Crippen LogP contribution in [0.25, 0.3) is 0 Å². The van der Waals surface area contributed by atoms with Crippen LogP contribution in [0.15, 0.2) is 41.1 Å². The molecule has 0 unspecified atom stereocenters. The first-order chi connectivity index (χ1) is 8.15. The van der Waals surface area contributed by atoms with Gasteiger partial charge in [-0.3, -0.25) is 9.78 Å². The van der Waals surface area contributed by atoms with Crippen molar-refractivity contribution in [2.24, 2.45) is 0 Å². The molecule has 0 aliphatic rings. The van der Waals surface area contributed by atoms with Crippen molar-refractivity contribution in [3.8, 4) is 0 Å². The highest BCUT2D eigenvalue weighted by atomic mass is 79.9. The molecule has 0 bridgehead atoms. The topological polar surface area (TPSA) is 54.9 Å². The molecule has 0 spiro atoms. The summed E-state index contributed by atoms with van der Waals surface area (Å²) in [4.78, 5) is 19.5. The normalized spacial score (nSPS) is 10.0. The molecule has 4 nitrogen and oxygen atoms in total. The predicted octanol–water partition coefficient (Wildman–Crippen LogP) is 3.14. The van der Waals surface area contributed by atoms with E-state index in [-0.39, 0.29) is 16.8 Å². The van der Waals surface area contributed by atoms with Crippen LogP contribution < -0.4 is 5.32 Å². The lowest BCUT2D eigenvalue weighted by molar-refractivity contribution is 0.102. The minimum absolute atomic E-state index is 0.178. The molecule has 6 heteroatoms. The molecule has 1 amide bonds. The van der Waals surface area contributed by atoms with Crippen molar-refractivity contribution in [3.05, 3.63) is 52.0 Å². The predicted molar refractivity (Wildman–Crippen MR) is 69.1 cm³/mol. The van der Waals surface area contributed by atoms with Crippen LogP contribution in [0.5, 0.6) is 0 Å². The van der Waals surface area contributed by atoms with Gasteiger partial charge in [0.1, 0.15) is 10.8 Å². The van der Waals surface area contributed by atoms with Gasteiger partial charge < -0.3 is 5.32 Å². The third kappa shape index (κ3) is 3.25. The Morgan fingerprint density at radius 2 is 2.18 bits per heavy atom. The summed E-state index contributed by atoms with van der Waals surface area (Å²) < 4.78 is 0.882. The Labute approximate surface area is 111 Å². The molecule has 1 heterocycles. The van der Waals surface area contributed by atoms with Gasteiger partial charge in [0, 0.05) is 10.2 Å². The Hall–Kier alpha value is -1.46. The van der Waals surface area contributed by atoms with Crippen LogP contribution >= 0.6 is 27.5 Å². The van der Waals surface area contributed by atoms with Gasteiger partial charge in [-0.2, -0.15) is 0 Å². The van der Waals surface area contributed by atoms with E-state index >= 15 is 0 Å². The van der Waals surface area contributed by atoms with Crippen molar-refractivity contribution >= 4 is 39.1 Å². The summed E-state index contributed by atoms with van der Waals surface area (Å²) in [5.74, 6) is -0.349. The van der Waals surface area contributed by atoms with E-state index in [0.717, 1.165) is 4.47 Å². The number of rotatable bonds is 2. The van der Waals surface area contributed by atoms with E-state index in [4.69, 9.17) is 11.6 Å². The maximum Gasteiger partial charge on any atom is 0.275 e. The molecular weight excluding hydrogens is 305 g/mol. The summed E-state index contributed by atoms with van der Waals surface area (Å²) in [6.07, 6.45) is 2.73. The zero-order valence-electron chi connectivity index (χ0n) is 8.52. The number of anilines is 1. The van der Waals surface area contributed by atoms with Gasteiger partial charge in [-0.1, -0.05) is 33.6 Å². The van der Waals surface area contributed by atoms with Gasteiger partial charge in [0.2, 0.25) is 0 Å². The van der Waals surface area contributed by atoms with Crippen LogP contribution in [0.2, 0.25) is 5.15 Å². The Morgan fingerprint density at radius 1 is 1.35 bits per heavy atom. The van der Waals surface area contributed by atoms with Crippen LogP contribution in [-0.2, 0) is 0 Å². The summed E-state index contributed by atoms with van der Waals surface area (Å²) >= 11 is 8.98. The summed E-state index contributed by atoms with van der Waals surface area (Å²) in [6.45, 7) is 0. The Kier molecular flexibility index (Phi) is 3.71. The number of aromatic nitrogens is 2. The Balaban J connectivity index is 2.17. The van der Waals surface area contributed by atoms with Gasteiger partial charge in [-0.25, -0.2) is 4.98 Å². The van der Waals surface area contributed by atoms with Gasteiger partial charge in [0.25, 0.3) is 5.91 Å². The third-order valence-electron chi connectivity index (χ3n) is 1.92. The lowest BCUT2D eigenvalue weighted by Gasteiger charge is -2.04. The van der Waals surface area contributed by atoms with E-state index in [0.29, 0.717) is 5.69 Å². The van der Waals surface area contributed by atoms with Crippen molar-refractivity contribution in [2.75, 3.05) is 5.32 Å². The molecule has 0 radical (unpaired) electrons. The van der Waals surface area contributed by atoms with E-state index in [9.17, 15) is 4.79 Å². The molecule has 0 saturated carbocycles. The van der Waals surface area contributed by atoms with Crippen LogP contribution in [0.3, 0.4) is 0 Å². The number of carbonyl (C=O) groups excluding carboxylic acids is 1. The lowest BCUT2D eigenvalue weighted by Crippen LogP contribution is -2.13. The number of hydrogen-bond acceptors (Lipinski definition) is 3. The summed E-state index contributed by atoms with van der Waals surface area (Å²) in [6, 6.07) is 7.26. The minimum atomic E-state index is -0.349. The average molecular weight is 313 g/mol. The molecule has 0 aliphatic carbocycles. The van der Waals surface area contributed by atoms with E-state index in [1.165, 1.54) is 12.4 Å². The van der Waals surface area contributed by atoms with Crippen molar-refractivity contribution in [1.29, 1.82) is 0 Å². The average Bonchev–Trinajstić information content (AvgIpc) is 2.29. The second-order valence-corrected chi connectivity index (χ2v) is 4.49. The molecular formula is C11H7BrClN3O. The SMILES string of the molecule is O=C(Nc1cccc(Br)c1)c1cncc(Cl)n1. The number of amides is 1. The molecule has 0 saturated heterocycles. The van der Waals surface area contributed by atoms with E-state index in [2.05, 4.69) is 31.2 Å². The standard InChI is InChI=1S/C11H7BrClN3O/c12-7-2-1-3-8(4-7)15-11(17)9-5-14-6-10(13)16-9/h1-6H,(H,15,17). The zero-order valence-corrected chi connectivity index (χ0v) is 10.9. The van der Waals surface area contributed by atoms with Gasteiger partial charge in [0.05, 0.1) is 12.4 Å². The monoisotopic (exact) mass is 311 g/mol. The first-order valence-electron chi connectivity index (χ1n) is 4.69. The number of hydrogen-bond donors (Lipinski definition) is 1. The molecule has 0 aliphatic heterocycles. The molecule has 0 atom stereocenters. The lowest BCUT2D eigenvalue weighted by atomic mass is 10.3. The second kappa shape index (κ2) is 5.25. The van der Waals surface area contributed by atoms with Crippen molar-refractivity contribution in [1.82, 2.24) is 9.97 Å². The van der Waals surface area contributed by atoms with Gasteiger partial charge in [-0.05, 0) is 18.2 Å². The maximum atomic E-state index is 11.8. The largest absolute Gasteiger partial charge is 0.321 e. The van der Waals surface area contributed by atoms with Gasteiger partial charge in [-0.15, -0.1) is 0 Å². The van der Waals surface area contributed by atoms with Crippen molar-refractivity contribution in [3.63, 3.8) is 0 Å². The molecule has 0 fully saturated rings. The molecule has 1 N–H and O–H groups in total. The number of benzene rings is 1. The molecule has 86 valence electrons. The summed E-state index contributed by atoms with van der Waals surface area (Å²) in [5, 5.41) is 2.88. The molecule has 1 aromatic heterocycles. The third-order valence-corrected chi connectivity index (χ3v) is 2.60. The number of carbonyl (C=O) groups is 1. The fraction of sp³-hybridized carbons (Fsp3) is 0. The highest BCUT2D eigenvalue weighted by Gasteiger charge is 2.08. The van der Waals surface area contributed by atoms with Crippen LogP contribution in [0.4, 0.5) is 5.69 Å². The van der Waals surface area contributed by atoms with E-state index in [1.807, 2.05) is 12.1 Å². The van der Waals surface area contributed by atoms with E-state index in [1.54, 1.807) is 12.1 Å². The van der Waals surface area contributed by atoms with Crippen LogP contribution in [0.1, 0.15) is 10.5 Å². The quantitative estimate of drug-likeness (QED) is 0.927. The Morgan fingerprint density at radius 3 is 2.88 bits per heavy atom. The van der Waals surface area contributed by atoms with Gasteiger partial charge in [0.15, 0.2) is 0 Å². The van der Waals surface area contributed by atoms with Crippen molar-refractivity contribution in [2.45, 2.75) is 0 Å². The van der Waals surface area contributed by atoms with Crippen LogP contribution in [0, 0.1) is 0 Å². The maximum absolute atomic E-state index is 11.8. The molecule has 17 heavy (non-hydrogen) atoms. The molecule has 2 aromatic rings. The van der Waals surface area contributed by atoms with Crippen LogP contribution in [-0.4, -0.2) is 15.9 Å². The molecule has 1 aromatic carbocycles. The van der Waals surface area contributed by atoms with E-state index < -0.39 is 0 Å². The summed E-state index contributed by atoms with van der Waals surface area (Å²) in [7, 11) is 0. The number of nitrogens with zero attached hydrogens (tertiary/aromatic N) is 2. The number of nitrogens with one attached hydrogen (secondary N) is 1. The van der Waals surface area contributed by atoms with Gasteiger partial charge >= 0.3 is 0 Å². The second-order valence-electron chi connectivity index (χ2n) is 3.19.